The Kier molecular flexibility index (Phi) is 4.95. The highest BCUT2D eigenvalue weighted by Gasteiger charge is 2.32. The van der Waals surface area contributed by atoms with E-state index < -0.39 is 0 Å². The van der Waals surface area contributed by atoms with Crippen LogP contribution in [0.15, 0.2) is 24.3 Å². The summed E-state index contributed by atoms with van der Waals surface area (Å²) in [5.74, 6) is 6.46. The minimum atomic E-state index is -0.183. The molecule has 0 spiro atoms. The van der Waals surface area contributed by atoms with Crippen LogP contribution in [0.1, 0.15) is 25.5 Å². The first-order chi connectivity index (χ1) is 8.63. The predicted octanol–water partition coefficient (Wildman–Crippen LogP) is 2.96. The summed E-state index contributed by atoms with van der Waals surface area (Å²) >= 11 is 3.84. The predicted molar refractivity (Wildman–Crippen MR) is 79.2 cm³/mol. The van der Waals surface area contributed by atoms with Crippen molar-refractivity contribution in [3.8, 4) is 0 Å². The molecule has 0 aromatic heterocycles. The van der Waals surface area contributed by atoms with Crippen LogP contribution in [-0.2, 0) is 0 Å². The lowest BCUT2D eigenvalue weighted by molar-refractivity contribution is 0.509. The fourth-order valence-corrected chi connectivity index (χ4v) is 5.20. The van der Waals surface area contributed by atoms with E-state index in [0.29, 0.717) is 21.3 Å². The van der Waals surface area contributed by atoms with Crippen molar-refractivity contribution < 1.29 is 4.39 Å². The van der Waals surface area contributed by atoms with Crippen molar-refractivity contribution in [3.63, 3.8) is 0 Å². The van der Waals surface area contributed by atoms with Gasteiger partial charge in [-0.3, -0.25) is 11.3 Å². The number of rotatable bonds is 3. The van der Waals surface area contributed by atoms with Crippen LogP contribution in [0.4, 0.5) is 4.39 Å². The van der Waals surface area contributed by atoms with Crippen molar-refractivity contribution in [3.05, 3.63) is 35.6 Å². The molecule has 1 aromatic carbocycles. The molecule has 0 radical (unpaired) electrons. The smallest absolute Gasteiger partial charge is 0.128 e. The first-order valence-corrected chi connectivity index (χ1v) is 8.10. The lowest BCUT2D eigenvalue weighted by atomic mass is 10.0. The summed E-state index contributed by atoms with van der Waals surface area (Å²) in [7, 11) is 0. The zero-order valence-electron chi connectivity index (χ0n) is 10.6. The number of halogens is 1. The topological polar surface area (TPSA) is 38.0 Å². The summed E-state index contributed by atoms with van der Waals surface area (Å²) in [6.45, 7) is 4.47. The maximum absolute atomic E-state index is 13.8. The van der Waals surface area contributed by atoms with Gasteiger partial charge in [0.2, 0.25) is 0 Å². The Balaban J connectivity index is 2.17. The highest BCUT2D eigenvalue weighted by Crippen LogP contribution is 2.41. The van der Waals surface area contributed by atoms with E-state index in [1.165, 1.54) is 6.07 Å². The maximum Gasteiger partial charge on any atom is 0.128 e. The summed E-state index contributed by atoms with van der Waals surface area (Å²) in [4.78, 5) is 0. The van der Waals surface area contributed by atoms with Crippen molar-refractivity contribution in [1.82, 2.24) is 5.43 Å². The average Bonchev–Trinajstić information content (AvgIpc) is 2.37. The van der Waals surface area contributed by atoms with Crippen LogP contribution >= 0.6 is 23.5 Å². The molecule has 1 aromatic rings. The van der Waals surface area contributed by atoms with Crippen molar-refractivity contribution in [1.29, 1.82) is 0 Å². The van der Waals surface area contributed by atoms with Crippen LogP contribution in [0.25, 0.3) is 0 Å². The largest absolute Gasteiger partial charge is 0.271 e. The quantitative estimate of drug-likeness (QED) is 0.662. The van der Waals surface area contributed by atoms with Gasteiger partial charge in [-0.1, -0.05) is 32.0 Å². The summed E-state index contributed by atoms with van der Waals surface area (Å²) in [5.41, 5.74) is 3.46. The van der Waals surface area contributed by atoms with E-state index in [-0.39, 0.29) is 11.9 Å². The first kappa shape index (κ1) is 14.2. The number of hydrogen-bond donors (Lipinski definition) is 2. The molecule has 3 N–H and O–H groups in total. The van der Waals surface area contributed by atoms with Crippen LogP contribution in [0.2, 0.25) is 0 Å². The molecule has 0 saturated carbocycles. The number of hydrogen-bond acceptors (Lipinski definition) is 4. The van der Waals surface area contributed by atoms with Crippen molar-refractivity contribution in [2.24, 2.45) is 5.84 Å². The maximum atomic E-state index is 13.8. The van der Waals surface area contributed by atoms with Gasteiger partial charge in [-0.05, 0) is 6.07 Å². The molecule has 1 aliphatic heterocycles. The number of nitrogens with two attached hydrogens (primary N) is 1. The number of nitrogens with one attached hydrogen (secondary N) is 1. The van der Waals surface area contributed by atoms with Gasteiger partial charge in [-0.2, -0.15) is 23.5 Å². The molecular formula is C13H19FN2S2. The molecule has 2 rings (SSSR count). The molecule has 100 valence electrons. The van der Waals surface area contributed by atoms with Gasteiger partial charge in [-0.25, -0.2) is 4.39 Å². The van der Waals surface area contributed by atoms with E-state index in [0.717, 1.165) is 5.75 Å². The van der Waals surface area contributed by atoms with Gasteiger partial charge in [0.1, 0.15) is 5.82 Å². The van der Waals surface area contributed by atoms with E-state index in [1.54, 1.807) is 6.07 Å². The Morgan fingerprint density at radius 2 is 2.06 bits per heavy atom. The van der Waals surface area contributed by atoms with Crippen LogP contribution < -0.4 is 11.3 Å². The molecule has 0 amide bonds. The first-order valence-electron chi connectivity index (χ1n) is 6.11. The van der Waals surface area contributed by atoms with Gasteiger partial charge in [0.15, 0.2) is 0 Å². The van der Waals surface area contributed by atoms with Crippen molar-refractivity contribution in [2.75, 3.05) is 5.75 Å². The fourth-order valence-electron chi connectivity index (χ4n) is 2.11. The van der Waals surface area contributed by atoms with Gasteiger partial charge < -0.3 is 0 Å². The molecule has 0 aliphatic carbocycles. The minimum Gasteiger partial charge on any atom is -0.271 e. The van der Waals surface area contributed by atoms with Gasteiger partial charge >= 0.3 is 0 Å². The zero-order valence-corrected chi connectivity index (χ0v) is 12.2. The second kappa shape index (κ2) is 6.28. The standard InChI is InChI=1S/C13H19FN2S2/c1-8-9(2)18-12(7-17-8)13(16-15)10-5-3-4-6-11(10)14/h3-6,8-9,12-13,16H,7,15H2,1-2H3. The molecule has 5 heteroatoms. The third-order valence-electron chi connectivity index (χ3n) is 3.37. The van der Waals surface area contributed by atoms with E-state index in [9.17, 15) is 4.39 Å². The van der Waals surface area contributed by atoms with Gasteiger partial charge in [0.05, 0.1) is 6.04 Å². The summed E-state index contributed by atoms with van der Waals surface area (Å²) < 4.78 is 13.8. The molecule has 1 aliphatic rings. The van der Waals surface area contributed by atoms with E-state index >= 15 is 0 Å². The van der Waals surface area contributed by atoms with E-state index in [4.69, 9.17) is 5.84 Å². The monoisotopic (exact) mass is 286 g/mol. The Bertz CT molecular complexity index is 402. The molecule has 1 heterocycles. The highest BCUT2D eigenvalue weighted by atomic mass is 32.2. The van der Waals surface area contributed by atoms with Crippen LogP contribution in [0, 0.1) is 5.82 Å². The van der Waals surface area contributed by atoms with Crippen LogP contribution in [0.5, 0.6) is 0 Å². The molecule has 4 unspecified atom stereocenters. The van der Waals surface area contributed by atoms with Gasteiger partial charge in [0, 0.05) is 27.1 Å². The van der Waals surface area contributed by atoms with Crippen LogP contribution in [-0.4, -0.2) is 21.5 Å². The number of benzene rings is 1. The zero-order chi connectivity index (χ0) is 13.1. The van der Waals surface area contributed by atoms with Crippen LogP contribution in [0.3, 0.4) is 0 Å². The van der Waals surface area contributed by atoms with Crippen molar-refractivity contribution in [2.45, 2.75) is 35.6 Å². The van der Waals surface area contributed by atoms with Crippen molar-refractivity contribution >= 4 is 23.5 Å². The third-order valence-corrected chi connectivity index (χ3v) is 6.86. The molecule has 1 fully saturated rings. The lowest BCUT2D eigenvalue weighted by Gasteiger charge is -2.35. The van der Waals surface area contributed by atoms with E-state index in [2.05, 4.69) is 19.3 Å². The Morgan fingerprint density at radius 1 is 1.33 bits per heavy atom. The number of hydrazine groups is 1. The SMILES string of the molecule is CC1SCC(C(NN)c2ccccc2F)SC1C. The molecular weight excluding hydrogens is 267 g/mol. The Hall–Kier alpha value is -0.230. The molecule has 4 atom stereocenters. The van der Waals surface area contributed by atoms with Gasteiger partial charge in [0.25, 0.3) is 0 Å². The fraction of sp³-hybridized carbons (Fsp3) is 0.538. The number of thioether (sulfide) groups is 2. The Labute approximate surface area is 116 Å². The normalized spacial score (nSPS) is 30.1. The highest BCUT2D eigenvalue weighted by molar-refractivity contribution is 8.07. The van der Waals surface area contributed by atoms with E-state index in [1.807, 2.05) is 35.7 Å². The lowest BCUT2D eigenvalue weighted by Crippen LogP contribution is -2.40. The van der Waals surface area contributed by atoms with Gasteiger partial charge in [-0.15, -0.1) is 0 Å². The molecule has 0 bridgehead atoms. The second-order valence-corrected chi connectivity index (χ2v) is 7.62. The molecule has 1 saturated heterocycles. The summed E-state index contributed by atoms with van der Waals surface area (Å²) in [6.07, 6.45) is 0. The third kappa shape index (κ3) is 3.02. The summed E-state index contributed by atoms with van der Waals surface area (Å²) in [5, 5.41) is 1.52. The average molecular weight is 286 g/mol. The second-order valence-electron chi connectivity index (χ2n) is 4.58. The Morgan fingerprint density at radius 3 is 2.67 bits per heavy atom. The summed E-state index contributed by atoms with van der Waals surface area (Å²) in [6, 6.07) is 6.74. The minimum absolute atomic E-state index is 0.126. The molecule has 18 heavy (non-hydrogen) atoms. The molecule has 2 nitrogen and oxygen atoms in total.